The number of nitrogen functional groups attached to an aromatic ring is 1. The molecule has 0 aliphatic carbocycles. The minimum Gasteiger partial charge on any atom is -0.383 e. The van der Waals surface area contributed by atoms with E-state index >= 15 is 0 Å². The van der Waals surface area contributed by atoms with E-state index in [1.54, 1.807) is 22.2 Å². The Morgan fingerprint density at radius 1 is 1.41 bits per heavy atom. The highest BCUT2D eigenvalue weighted by molar-refractivity contribution is 9.10. The highest BCUT2D eigenvalue weighted by atomic mass is 79.9. The number of fused-ring (bicyclic) bond motifs is 1. The van der Waals surface area contributed by atoms with E-state index in [4.69, 9.17) is 5.73 Å². The molecule has 1 aromatic carbocycles. The number of benzene rings is 1. The number of aryl methyl sites for hydroxylation is 1. The zero-order valence-corrected chi connectivity index (χ0v) is 11.4. The maximum absolute atomic E-state index is 5.94. The van der Waals surface area contributed by atoms with Gasteiger partial charge in [-0.3, -0.25) is 4.68 Å². The number of rotatable bonds is 1. The summed E-state index contributed by atoms with van der Waals surface area (Å²) >= 11 is 5.06. The summed E-state index contributed by atoms with van der Waals surface area (Å²) < 4.78 is 3.82. The van der Waals surface area contributed by atoms with Crippen LogP contribution in [-0.2, 0) is 7.05 Å². The van der Waals surface area contributed by atoms with Crippen molar-refractivity contribution in [1.29, 1.82) is 0 Å². The fourth-order valence-electron chi connectivity index (χ4n) is 1.63. The quantitative estimate of drug-likeness (QED) is 0.751. The predicted molar refractivity (Wildman–Crippen MR) is 73.9 cm³/mol. The van der Waals surface area contributed by atoms with E-state index in [0.29, 0.717) is 5.82 Å². The van der Waals surface area contributed by atoms with Crippen LogP contribution in [0.1, 0.15) is 0 Å². The summed E-state index contributed by atoms with van der Waals surface area (Å²) in [5, 5.41) is 5.04. The summed E-state index contributed by atoms with van der Waals surface area (Å²) in [5.74, 6) is 0.642. The van der Waals surface area contributed by atoms with E-state index < -0.39 is 0 Å². The van der Waals surface area contributed by atoms with Crippen molar-refractivity contribution in [2.45, 2.75) is 0 Å². The van der Waals surface area contributed by atoms with Crippen molar-refractivity contribution >= 4 is 43.3 Å². The van der Waals surface area contributed by atoms with Crippen LogP contribution in [0.5, 0.6) is 0 Å². The molecule has 0 saturated carbocycles. The lowest BCUT2D eigenvalue weighted by atomic mass is 10.3. The molecule has 6 heteroatoms. The Bertz CT molecular complexity index is 701. The van der Waals surface area contributed by atoms with Gasteiger partial charge in [0, 0.05) is 11.5 Å². The largest absolute Gasteiger partial charge is 0.383 e. The molecule has 86 valence electrons. The predicted octanol–water partition coefficient (Wildman–Crippen LogP) is 3.04. The van der Waals surface area contributed by atoms with Gasteiger partial charge in [0.1, 0.15) is 10.8 Å². The lowest BCUT2D eigenvalue weighted by Gasteiger charge is -1.94. The van der Waals surface area contributed by atoms with Crippen LogP contribution in [0.15, 0.2) is 28.9 Å². The van der Waals surface area contributed by atoms with Crippen LogP contribution in [0.4, 0.5) is 5.82 Å². The Kier molecular flexibility index (Phi) is 2.41. The van der Waals surface area contributed by atoms with Gasteiger partial charge in [-0.15, -0.1) is 11.3 Å². The monoisotopic (exact) mass is 308 g/mol. The molecular weight excluding hydrogens is 300 g/mol. The third-order valence-corrected chi connectivity index (χ3v) is 4.13. The third kappa shape index (κ3) is 1.73. The van der Waals surface area contributed by atoms with E-state index in [1.165, 1.54) is 0 Å². The molecule has 0 atom stereocenters. The standard InChI is InChI=1S/C11H9BrN4S/c1-16-10(13)7(5-14-16)11-15-8-4-6(12)2-3-9(8)17-11/h2-5H,13H2,1H3. The summed E-state index contributed by atoms with van der Waals surface area (Å²) in [5.41, 5.74) is 7.81. The molecule has 0 bridgehead atoms. The van der Waals surface area contributed by atoms with Gasteiger partial charge in [-0.1, -0.05) is 15.9 Å². The number of aromatic nitrogens is 3. The van der Waals surface area contributed by atoms with Crippen molar-refractivity contribution < 1.29 is 0 Å². The molecular formula is C11H9BrN4S. The molecule has 2 aromatic heterocycles. The molecule has 17 heavy (non-hydrogen) atoms. The topological polar surface area (TPSA) is 56.7 Å². The minimum atomic E-state index is 0.642. The smallest absolute Gasteiger partial charge is 0.131 e. The molecule has 0 fully saturated rings. The summed E-state index contributed by atoms with van der Waals surface area (Å²) in [6.45, 7) is 0. The number of hydrogen-bond donors (Lipinski definition) is 1. The van der Waals surface area contributed by atoms with Gasteiger partial charge >= 0.3 is 0 Å². The maximum atomic E-state index is 5.94. The van der Waals surface area contributed by atoms with Gasteiger partial charge in [-0.25, -0.2) is 4.98 Å². The van der Waals surface area contributed by atoms with Crippen molar-refractivity contribution in [2.24, 2.45) is 7.05 Å². The van der Waals surface area contributed by atoms with Crippen LogP contribution in [0.25, 0.3) is 20.8 Å². The summed E-state index contributed by atoms with van der Waals surface area (Å²) in [6.07, 6.45) is 1.75. The van der Waals surface area contributed by atoms with Crippen LogP contribution in [-0.4, -0.2) is 14.8 Å². The van der Waals surface area contributed by atoms with E-state index in [9.17, 15) is 0 Å². The zero-order chi connectivity index (χ0) is 12.0. The molecule has 2 N–H and O–H groups in total. The normalized spacial score (nSPS) is 11.2. The molecule has 0 amide bonds. The van der Waals surface area contributed by atoms with Crippen molar-refractivity contribution in [3.8, 4) is 10.6 Å². The Hall–Kier alpha value is -1.40. The van der Waals surface area contributed by atoms with Crippen LogP contribution >= 0.6 is 27.3 Å². The summed E-state index contributed by atoms with van der Waals surface area (Å²) in [6, 6.07) is 6.06. The number of nitrogens with two attached hydrogens (primary N) is 1. The van der Waals surface area contributed by atoms with Gasteiger partial charge in [-0.2, -0.15) is 5.10 Å². The second-order valence-corrected chi connectivity index (χ2v) is 5.64. The van der Waals surface area contributed by atoms with Gasteiger partial charge in [0.05, 0.1) is 22.0 Å². The summed E-state index contributed by atoms with van der Waals surface area (Å²) in [7, 11) is 1.82. The number of nitrogens with zero attached hydrogens (tertiary/aromatic N) is 3. The molecule has 0 saturated heterocycles. The Morgan fingerprint density at radius 3 is 2.94 bits per heavy atom. The average Bonchev–Trinajstić information content (AvgIpc) is 2.83. The second kappa shape index (κ2) is 3.82. The van der Waals surface area contributed by atoms with Gasteiger partial charge in [0.15, 0.2) is 0 Å². The maximum Gasteiger partial charge on any atom is 0.131 e. The number of hydrogen-bond acceptors (Lipinski definition) is 4. The SMILES string of the molecule is Cn1ncc(-c2nc3cc(Br)ccc3s2)c1N. The van der Waals surface area contributed by atoms with Crippen molar-refractivity contribution in [1.82, 2.24) is 14.8 Å². The van der Waals surface area contributed by atoms with Crippen molar-refractivity contribution in [3.63, 3.8) is 0 Å². The van der Waals surface area contributed by atoms with E-state index in [-0.39, 0.29) is 0 Å². The Morgan fingerprint density at radius 2 is 2.24 bits per heavy atom. The van der Waals surface area contributed by atoms with Crippen LogP contribution in [0, 0.1) is 0 Å². The third-order valence-electron chi connectivity index (χ3n) is 2.56. The van der Waals surface area contributed by atoms with Crippen molar-refractivity contribution in [3.05, 3.63) is 28.9 Å². The molecule has 0 aliphatic rings. The first-order chi connectivity index (χ1) is 8.15. The van der Waals surface area contributed by atoms with Gasteiger partial charge < -0.3 is 5.73 Å². The molecule has 4 nitrogen and oxygen atoms in total. The highest BCUT2D eigenvalue weighted by Crippen LogP contribution is 2.33. The van der Waals surface area contributed by atoms with E-state index in [1.807, 2.05) is 25.2 Å². The van der Waals surface area contributed by atoms with E-state index in [2.05, 4.69) is 26.0 Å². The molecule has 2 heterocycles. The van der Waals surface area contributed by atoms with Crippen LogP contribution < -0.4 is 5.73 Å². The molecule has 0 radical (unpaired) electrons. The highest BCUT2D eigenvalue weighted by Gasteiger charge is 2.12. The first kappa shape index (κ1) is 10.7. The number of halogens is 1. The minimum absolute atomic E-state index is 0.642. The lowest BCUT2D eigenvalue weighted by Crippen LogP contribution is -1.97. The molecule has 0 unspecified atom stereocenters. The second-order valence-electron chi connectivity index (χ2n) is 3.70. The van der Waals surface area contributed by atoms with Crippen LogP contribution in [0.3, 0.4) is 0 Å². The van der Waals surface area contributed by atoms with E-state index in [0.717, 1.165) is 25.3 Å². The average molecular weight is 309 g/mol. The first-order valence-corrected chi connectivity index (χ1v) is 6.60. The number of thiazole rings is 1. The fourth-order valence-corrected chi connectivity index (χ4v) is 2.94. The van der Waals surface area contributed by atoms with Gasteiger partial charge in [-0.05, 0) is 18.2 Å². The summed E-state index contributed by atoms with van der Waals surface area (Å²) in [4.78, 5) is 4.57. The Labute approximate surface area is 110 Å². The van der Waals surface area contributed by atoms with Gasteiger partial charge in [0.2, 0.25) is 0 Å². The zero-order valence-electron chi connectivity index (χ0n) is 9.01. The van der Waals surface area contributed by atoms with Crippen molar-refractivity contribution in [2.75, 3.05) is 5.73 Å². The fraction of sp³-hybridized carbons (Fsp3) is 0.0909. The lowest BCUT2D eigenvalue weighted by molar-refractivity contribution is 0.779. The Balaban J connectivity index is 2.21. The molecule has 3 rings (SSSR count). The number of anilines is 1. The first-order valence-electron chi connectivity index (χ1n) is 4.99. The van der Waals surface area contributed by atoms with Crippen LogP contribution in [0.2, 0.25) is 0 Å². The molecule has 0 spiro atoms. The molecule has 0 aliphatic heterocycles. The molecule has 3 aromatic rings. The van der Waals surface area contributed by atoms with Gasteiger partial charge in [0.25, 0.3) is 0 Å².